The number of nitrogens with one attached hydrogen (secondary N) is 2. The summed E-state index contributed by atoms with van der Waals surface area (Å²) in [7, 11) is 4.82. The van der Waals surface area contributed by atoms with E-state index in [1.807, 2.05) is 6.92 Å². The Morgan fingerprint density at radius 2 is 1.72 bits per heavy atom. The summed E-state index contributed by atoms with van der Waals surface area (Å²) in [6, 6.07) is 6.63. The zero-order chi connectivity index (χ0) is 18.8. The molecule has 0 aliphatic rings. The van der Waals surface area contributed by atoms with Crippen LogP contribution in [0.2, 0.25) is 0 Å². The summed E-state index contributed by atoms with van der Waals surface area (Å²) in [5.41, 5.74) is 0.607. The number of carbonyl (C=O) groups excluding carboxylic acids is 3. The molecule has 0 radical (unpaired) electrons. The molecular formula is C17H26N4O4. The molecule has 0 heterocycles. The predicted molar refractivity (Wildman–Crippen MR) is 95.6 cm³/mol. The fourth-order valence-corrected chi connectivity index (χ4v) is 2.08. The minimum Gasteiger partial charge on any atom is -0.497 e. The Bertz CT molecular complexity index is 587. The first kappa shape index (κ1) is 20.3. The van der Waals surface area contributed by atoms with E-state index in [0.29, 0.717) is 18.0 Å². The van der Waals surface area contributed by atoms with Gasteiger partial charge < -0.3 is 25.2 Å². The highest BCUT2D eigenvalue weighted by atomic mass is 16.5. The second kappa shape index (κ2) is 10.2. The Labute approximate surface area is 148 Å². The van der Waals surface area contributed by atoms with Crippen molar-refractivity contribution in [3.8, 4) is 5.75 Å². The summed E-state index contributed by atoms with van der Waals surface area (Å²) in [4.78, 5) is 38.7. The van der Waals surface area contributed by atoms with Crippen molar-refractivity contribution >= 4 is 23.5 Å². The van der Waals surface area contributed by atoms with Crippen LogP contribution in [-0.2, 0) is 9.59 Å². The average Bonchev–Trinajstić information content (AvgIpc) is 2.59. The second-order valence-electron chi connectivity index (χ2n) is 5.65. The summed E-state index contributed by atoms with van der Waals surface area (Å²) in [5.74, 6) is -0.0408. The van der Waals surface area contributed by atoms with Crippen LogP contribution in [0.15, 0.2) is 24.3 Å². The third-order valence-electron chi connectivity index (χ3n) is 3.30. The fraction of sp³-hybridized carbons (Fsp3) is 0.471. The van der Waals surface area contributed by atoms with Gasteiger partial charge in [0.25, 0.3) is 0 Å². The molecule has 138 valence electrons. The Morgan fingerprint density at radius 3 is 2.24 bits per heavy atom. The molecule has 1 aromatic rings. The molecule has 2 N–H and O–H groups in total. The SMILES string of the molecule is CCCN(CC(=O)NCC(=O)Nc1ccc(OC)cc1)C(=O)N(C)C. The number of amides is 4. The molecule has 0 bridgehead atoms. The third kappa shape index (κ3) is 7.11. The summed E-state index contributed by atoms with van der Waals surface area (Å²) < 4.78 is 5.04. The lowest BCUT2D eigenvalue weighted by Crippen LogP contribution is -2.46. The lowest BCUT2D eigenvalue weighted by Gasteiger charge is -2.25. The Balaban J connectivity index is 2.45. The highest BCUT2D eigenvalue weighted by Crippen LogP contribution is 2.14. The van der Waals surface area contributed by atoms with Crippen molar-refractivity contribution in [3.05, 3.63) is 24.3 Å². The van der Waals surface area contributed by atoms with Gasteiger partial charge in [0.1, 0.15) is 12.3 Å². The number of methoxy groups -OCH3 is 1. The molecule has 1 aromatic carbocycles. The number of hydrogen-bond donors (Lipinski definition) is 2. The van der Waals surface area contributed by atoms with Crippen molar-refractivity contribution in [3.63, 3.8) is 0 Å². The van der Waals surface area contributed by atoms with Crippen molar-refractivity contribution < 1.29 is 19.1 Å². The summed E-state index contributed by atoms with van der Waals surface area (Å²) in [6.45, 7) is 2.15. The smallest absolute Gasteiger partial charge is 0.319 e. The van der Waals surface area contributed by atoms with Gasteiger partial charge in [-0.15, -0.1) is 0 Å². The zero-order valence-corrected chi connectivity index (χ0v) is 15.2. The fourth-order valence-electron chi connectivity index (χ4n) is 2.08. The molecule has 0 atom stereocenters. The molecule has 4 amide bonds. The van der Waals surface area contributed by atoms with Crippen LogP contribution < -0.4 is 15.4 Å². The van der Waals surface area contributed by atoms with E-state index in [2.05, 4.69) is 10.6 Å². The van der Waals surface area contributed by atoms with E-state index >= 15 is 0 Å². The van der Waals surface area contributed by atoms with Gasteiger partial charge in [-0.05, 0) is 30.7 Å². The molecule has 8 nitrogen and oxygen atoms in total. The summed E-state index contributed by atoms with van der Waals surface area (Å²) in [6.07, 6.45) is 0.741. The van der Waals surface area contributed by atoms with E-state index in [1.54, 1.807) is 45.5 Å². The number of carbonyl (C=O) groups is 3. The van der Waals surface area contributed by atoms with Crippen LogP contribution in [0.25, 0.3) is 0 Å². The molecule has 0 spiro atoms. The van der Waals surface area contributed by atoms with Crippen LogP contribution in [0.1, 0.15) is 13.3 Å². The Kier molecular flexibility index (Phi) is 8.25. The summed E-state index contributed by atoms with van der Waals surface area (Å²) in [5, 5.41) is 5.19. The van der Waals surface area contributed by atoms with Gasteiger partial charge in [-0.2, -0.15) is 0 Å². The lowest BCUT2D eigenvalue weighted by molar-refractivity contribution is -0.124. The molecule has 0 aliphatic carbocycles. The predicted octanol–water partition coefficient (Wildman–Crippen LogP) is 1.14. The summed E-state index contributed by atoms with van der Waals surface area (Å²) >= 11 is 0. The molecule has 0 unspecified atom stereocenters. The van der Waals surface area contributed by atoms with Crippen LogP contribution in [0, 0.1) is 0 Å². The molecule has 0 fully saturated rings. The van der Waals surface area contributed by atoms with Gasteiger partial charge in [-0.1, -0.05) is 6.92 Å². The topological polar surface area (TPSA) is 91.0 Å². The number of benzene rings is 1. The Hall–Kier alpha value is -2.77. The maximum absolute atomic E-state index is 12.0. The quantitative estimate of drug-likeness (QED) is 0.736. The zero-order valence-electron chi connectivity index (χ0n) is 15.2. The monoisotopic (exact) mass is 350 g/mol. The van der Waals surface area contributed by atoms with E-state index in [-0.39, 0.29) is 30.9 Å². The van der Waals surface area contributed by atoms with E-state index in [9.17, 15) is 14.4 Å². The van der Waals surface area contributed by atoms with Crippen LogP contribution in [0.4, 0.5) is 10.5 Å². The van der Waals surface area contributed by atoms with Crippen molar-refractivity contribution in [2.45, 2.75) is 13.3 Å². The van der Waals surface area contributed by atoms with Gasteiger partial charge in [-0.3, -0.25) is 9.59 Å². The maximum atomic E-state index is 12.0. The minimum atomic E-state index is -0.381. The van der Waals surface area contributed by atoms with Crippen molar-refractivity contribution in [2.24, 2.45) is 0 Å². The number of hydrogen-bond acceptors (Lipinski definition) is 4. The second-order valence-corrected chi connectivity index (χ2v) is 5.65. The molecule has 25 heavy (non-hydrogen) atoms. The van der Waals surface area contributed by atoms with Crippen molar-refractivity contribution in [2.75, 3.05) is 46.2 Å². The normalized spacial score (nSPS) is 9.92. The number of rotatable bonds is 8. The standard InChI is InChI=1S/C17H26N4O4/c1-5-10-21(17(24)20(2)3)12-16(23)18-11-15(22)19-13-6-8-14(25-4)9-7-13/h6-9H,5,10-12H2,1-4H3,(H,18,23)(H,19,22). The average molecular weight is 350 g/mol. The van der Waals surface area contributed by atoms with Crippen LogP contribution >= 0.6 is 0 Å². The first-order valence-corrected chi connectivity index (χ1v) is 8.04. The van der Waals surface area contributed by atoms with Crippen LogP contribution in [0.5, 0.6) is 5.75 Å². The van der Waals surface area contributed by atoms with Crippen molar-refractivity contribution in [1.29, 1.82) is 0 Å². The number of nitrogens with zero attached hydrogens (tertiary/aromatic N) is 2. The highest BCUT2D eigenvalue weighted by molar-refractivity contribution is 5.95. The van der Waals surface area contributed by atoms with Crippen LogP contribution in [-0.4, -0.2) is 68.5 Å². The van der Waals surface area contributed by atoms with Gasteiger partial charge in [0, 0.05) is 26.3 Å². The van der Waals surface area contributed by atoms with E-state index < -0.39 is 0 Å². The van der Waals surface area contributed by atoms with Gasteiger partial charge in [-0.25, -0.2) is 4.79 Å². The van der Waals surface area contributed by atoms with E-state index in [0.717, 1.165) is 6.42 Å². The van der Waals surface area contributed by atoms with Crippen molar-refractivity contribution in [1.82, 2.24) is 15.1 Å². The van der Waals surface area contributed by atoms with Gasteiger partial charge >= 0.3 is 6.03 Å². The minimum absolute atomic E-state index is 0.0827. The largest absolute Gasteiger partial charge is 0.497 e. The molecule has 0 saturated carbocycles. The molecule has 0 aliphatic heterocycles. The highest BCUT2D eigenvalue weighted by Gasteiger charge is 2.18. The molecule has 0 saturated heterocycles. The first-order chi connectivity index (χ1) is 11.9. The maximum Gasteiger partial charge on any atom is 0.319 e. The molecule has 8 heteroatoms. The van der Waals surface area contributed by atoms with Crippen LogP contribution in [0.3, 0.4) is 0 Å². The number of urea groups is 1. The molecule has 1 rings (SSSR count). The molecule has 0 aromatic heterocycles. The number of ether oxygens (including phenoxy) is 1. The van der Waals surface area contributed by atoms with Gasteiger partial charge in [0.15, 0.2) is 0 Å². The van der Waals surface area contributed by atoms with E-state index in [4.69, 9.17) is 4.74 Å². The lowest BCUT2D eigenvalue weighted by atomic mass is 10.3. The van der Waals surface area contributed by atoms with Gasteiger partial charge in [0.05, 0.1) is 13.7 Å². The number of anilines is 1. The third-order valence-corrected chi connectivity index (χ3v) is 3.30. The Morgan fingerprint density at radius 1 is 1.08 bits per heavy atom. The first-order valence-electron chi connectivity index (χ1n) is 8.04. The van der Waals surface area contributed by atoms with E-state index in [1.165, 1.54) is 9.80 Å². The molecular weight excluding hydrogens is 324 g/mol. The van der Waals surface area contributed by atoms with Gasteiger partial charge in [0.2, 0.25) is 11.8 Å².